The van der Waals surface area contributed by atoms with Crippen LogP contribution < -0.4 is 10.6 Å². The second-order valence-corrected chi connectivity index (χ2v) is 4.21. The number of rotatable bonds is 2. The van der Waals surface area contributed by atoms with Gasteiger partial charge in [0.1, 0.15) is 6.33 Å². The van der Waals surface area contributed by atoms with Crippen LogP contribution in [0.3, 0.4) is 0 Å². The van der Waals surface area contributed by atoms with Gasteiger partial charge in [-0.3, -0.25) is 14.9 Å². The van der Waals surface area contributed by atoms with Crippen molar-refractivity contribution in [3.63, 3.8) is 0 Å². The van der Waals surface area contributed by atoms with E-state index in [-0.39, 0.29) is 16.7 Å². The predicted molar refractivity (Wildman–Crippen MR) is 70.1 cm³/mol. The molecule has 0 saturated heterocycles. The largest absolute Gasteiger partial charge is 0.316 e. The van der Waals surface area contributed by atoms with Crippen LogP contribution in [0.4, 0.5) is 11.6 Å². The van der Waals surface area contributed by atoms with Gasteiger partial charge in [0, 0.05) is 5.02 Å². The fraction of sp³-hybridized carbons (Fsp3) is 0. The van der Waals surface area contributed by atoms with E-state index in [1.54, 1.807) is 0 Å². The van der Waals surface area contributed by atoms with Crippen LogP contribution in [0.5, 0.6) is 0 Å². The minimum atomic E-state index is -0.900. The summed E-state index contributed by atoms with van der Waals surface area (Å²) in [6, 6.07) is 4.48. The van der Waals surface area contributed by atoms with Gasteiger partial charge in [-0.05, 0) is 18.2 Å². The highest BCUT2D eigenvalue weighted by molar-refractivity contribution is 6.44. The van der Waals surface area contributed by atoms with Crippen LogP contribution in [-0.2, 0) is 9.59 Å². The molecule has 0 saturated carbocycles. The fourth-order valence-corrected chi connectivity index (χ4v) is 1.66. The number of amides is 2. The van der Waals surface area contributed by atoms with Gasteiger partial charge in [-0.2, -0.15) is 10.1 Å². The Labute approximate surface area is 117 Å². The van der Waals surface area contributed by atoms with Crippen LogP contribution in [-0.4, -0.2) is 27.0 Å². The number of anilines is 2. The highest BCUT2D eigenvalue weighted by Gasteiger charge is 2.16. The van der Waals surface area contributed by atoms with Gasteiger partial charge in [0.2, 0.25) is 5.95 Å². The van der Waals surface area contributed by atoms with Crippen LogP contribution in [0.15, 0.2) is 24.5 Å². The van der Waals surface area contributed by atoms with Gasteiger partial charge in [0.05, 0.1) is 10.7 Å². The molecule has 0 fully saturated rings. The average Bonchev–Trinajstić information content (AvgIpc) is 2.85. The summed E-state index contributed by atoms with van der Waals surface area (Å²) >= 11 is 11.6. The molecule has 0 unspecified atom stereocenters. The van der Waals surface area contributed by atoms with E-state index in [1.807, 2.05) is 0 Å². The molecule has 1 aromatic heterocycles. The molecule has 2 aromatic rings. The molecule has 98 valence electrons. The smallest absolute Gasteiger partial charge is 0.316 e. The predicted octanol–water partition coefficient (Wildman–Crippen LogP) is 1.69. The molecule has 0 aliphatic carbocycles. The number of carbonyl (C=O) groups is 2. The van der Waals surface area contributed by atoms with E-state index in [4.69, 9.17) is 23.2 Å². The van der Waals surface area contributed by atoms with Crippen molar-refractivity contribution in [2.24, 2.45) is 0 Å². The molecular weight excluding hydrogens is 293 g/mol. The third-order valence-corrected chi connectivity index (χ3v) is 2.58. The molecule has 0 bridgehead atoms. The van der Waals surface area contributed by atoms with Crippen molar-refractivity contribution in [1.82, 2.24) is 15.2 Å². The molecular formula is C10H7Cl2N5O2. The Bertz CT molecular complexity index is 614. The van der Waals surface area contributed by atoms with Gasteiger partial charge in [0.15, 0.2) is 0 Å². The summed E-state index contributed by atoms with van der Waals surface area (Å²) in [6.07, 6.45) is 1.20. The number of benzene rings is 1. The molecule has 3 N–H and O–H groups in total. The lowest BCUT2D eigenvalue weighted by atomic mass is 10.3. The Morgan fingerprint density at radius 3 is 2.53 bits per heavy atom. The summed E-state index contributed by atoms with van der Waals surface area (Å²) in [5, 5.41) is 11.1. The minimum absolute atomic E-state index is 0.0716. The zero-order valence-corrected chi connectivity index (χ0v) is 10.8. The van der Waals surface area contributed by atoms with Crippen molar-refractivity contribution in [2.45, 2.75) is 0 Å². The highest BCUT2D eigenvalue weighted by Crippen LogP contribution is 2.25. The van der Waals surface area contributed by atoms with E-state index >= 15 is 0 Å². The molecule has 0 aliphatic heterocycles. The molecule has 9 heteroatoms. The van der Waals surface area contributed by atoms with Crippen LogP contribution >= 0.6 is 23.2 Å². The Balaban J connectivity index is 2.02. The molecule has 7 nitrogen and oxygen atoms in total. The number of hydrogen-bond donors (Lipinski definition) is 3. The molecule has 0 atom stereocenters. The second kappa shape index (κ2) is 5.68. The Morgan fingerprint density at radius 1 is 1.16 bits per heavy atom. The first-order chi connectivity index (χ1) is 9.06. The SMILES string of the molecule is O=C(Nc1ncn[nH]1)C(=O)Nc1ccc(Cl)cc1Cl. The fourth-order valence-electron chi connectivity index (χ4n) is 1.20. The van der Waals surface area contributed by atoms with Crippen LogP contribution in [0.1, 0.15) is 0 Å². The lowest BCUT2D eigenvalue weighted by Crippen LogP contribution is -2.29. The Morgan fingerprint density at radius 2 is 1.89 bits per heavy atom. The maximum absolute atomic E-state index is 11.6. The topological polar surface area (TPSA) is 99.8 Å². The van der Waals surface area contributed by atoms with Crippen molar-refractivity contribution in [3.05, 3.63) is 34.6 Å². The van der Waals surface area contributed by atoms with E-state index in [0.29, 0.717) is 5.02 Å². The van der Waals surface area contributed by atoms with Crippen LogP contribution in [0.25, 0.3) is 0 Å². The van der Waals surface area contributed by atoms with Gasteiger partial charge in [-0.1, -0.05) is 23.2 Å². The maximum Gasteiger partial charge on any atom is 0.316 e. The monoisotopic (exact) mass is 299 g/mol. The summed E-state index contributed by atoms with van der Waals surface area (Å²) in [6.45, 7) is 0. The van der Waals surface area contributed by atoms with Crippen molar-refractivity contribution in [2.75, 3.05) is 10.6 Å². The van der Waals surface area contributed by atoms with E-state index < -0.39 is 11.8 Å². The standard InChI is InChI=1S/C10H7Cl2N5O2/c11-5-1-2-7(6(12)3-5)15-8(18)9(19)16-10-13-4-14-17-10/h1-4H,(H,15,18)(H2,13,14,16,17,19). The summed E-state index contributed by atoms with van der Waals surface area (Å²) in [7, 11) is 0. The minimum Gasteiger partial charge on any atom is -0.316 e. The third kappa shape index (κ3) is 3.43. The first-order valence-electron chi connectivity index (χ1n) is 4.99. The number of aromatic nitrogens is 3. The first-order valence-corrected chi connectivity index (χ1v) is 5.74. The van der Waals surface area contributed by atoms with Crippen molar-refractivity contribution < 1.29 is 9.59 Å². The van der Waals surface area contributed by atoms with Crippen LogP contribution in [0.2, 0.25) is 10.0 Å². The lowest BCUT2D eigenvalue weighted by Gasteiger charge is -2.06. The van der Waals surface area contributed by atoms with E-state index in [2.05, 4.69) is 25.8 Å². The van der Waals surface area contributed by atoms with E-state index in [0.717, 1.165) is 0 Å². The normalized spacial score (nSPS) is 10.0. The molecule has 0 aliphatic rings. The molecule has 1 heterocycles. The van der Waals surface area contributed by atoms with Gasteiger partial charge in [-0.25, -0.2) is 5.10 Å². The van der Waals surface area contributed by atoms with Gasteiger partial charge >= 0.3 is 11.8 Å². The van der Waals surface area contributed by atoms with Gasteiger partial charge < -0.3 is 5.32 Å². The average molecular weight is 300 g/mol. The molecule has 0 radical (unpaired) electrons. The number of hydrogen-bond acceptors (Lipinski definition) is 4. The lowest BCUT2D eigenvalue weighted by molar-refractivity contribution is -0.133. The number of halogens is 2. The molecule has 19 heavy (non-hydrogen) atoms. The molecule has 1 aromatic carbocycles. The summed E-state index contributed by atoms with van der Waals surface area (Å²) in [5.74, 6) is -1.72. The molecule has 0 spiro atoms. The van der Waals surface area contributed by atoms with Crippen LogP contribution in [0, 0.1) is 0 Å². The van der Waals surface area contributed by atoms with Crippen molar-refractivity contribution in [3.8, 4) is 0 Å². The second-order valence-electron chi connectivity index (χ2n) is 3.37. The van der Waals surface area contributed by atoms with E-state index in [9.17, 15) is 9.59 Å². The Hall–Kier alpha value is -2.12. The Kier molecular flexibility index (Phi) is 3.98. The highest BCUT2D eigenvalue weighted by atomic mass is 35.5. The van der Waals surface area contributed by atoms with Crippen molar-refractivity contribution >= 4 is 46.7 Å². The number of nitrogens with zero attached hydrogens (tertiary/aromatic N) is 2. The number of aromatic amines is 1. The van der Waals surface area contributed by atoms with Gasteiger partial charge in [-0.15, -0.1) is 0 Å². The van der Waals surface area contributed by atoms with Crippen molar-refractivity contribution in [1.29, 1.82) is 0 Å². The number of carbonyl (C=O) groups excluding carboxylic acids is 2. The zero-order valence-electron chi connectivity index (χ0n) is 9.28. The first kappa shape index (κ1) is 13.3. The van der Waals surface area contributed by atoms with Gasteiger partial charge in [0.25, 0.3) is 0 Å². The molecule has 2 rings (SSSR count). The zero-order chi connectivity index (χ0) is 13.8. The summed E-state index contributed by atoms with van der Waals surface area (Å²) in [5.41, 5.74) is 0.281. The number of nitrogens with one attached hydrogen (secondary N) is 3. The van der Waals surface area contributed by atoms with E-state index in [1.165, 1.54) is 24.5 Å². The summed E-state index contributed by atoms with van der Waals surface area (Å²) in [4.78, 5) is 26.8. The third-order valence-electron chi connectivity index (χ3n) is 2.03. The summed E-state index contributed by atoms with van der Waals surface area (Å²) < 4.78 is 0. The quantitative estimate of drug-likeness (QED) is 0.735. The maximum atomic E-state index is 11.6. The molecule has 2 amide bonds. The number of H-pyrrole nitrogens is 1.